The van der Waals surface area contributed by atoms with Crippen LogP contribution in [0.25, 0.3) is 11.1 Å². The van der Waals surface area contributed by atoms with Gasteiger partial charge in [-0.15, -0.1) is 0 Å². The lowest BCUT2D eigenvalue weighted by Gasteiger charge is -2.48. The number of esters is 2. The minimum atomic E-state index is -1.62. The summed E-state index contributed by atoms with van der Waals surface area (Å²) in [4.78, 5) is 71.3. The highest BCUT2D eigenvalue weighted by atomic mass is 16.7. The van der Waals surface area contributed by atoms with Gasteiger partial charge in [-0.3, -0.25) is 19.2 Å². The number of anilines is 1. The monoisotopic (exact) mass is 867 g/mol. The van der Waals surface area contributed by atoms with Gasteiger partial charge in [-0.25, -0.2) is 4.99 Å². The molecular formula is C46H69N5O11. The summed E-state index contributed by atoms with van der Waals surface area (Å²) < 4.78 is 31.1. The number of hydrogen-bond acceptors (Lipinski definition) is 15. The second-order valence-electron chi connectivity index (χ2n) is 18.7. The molecule has 1 amide bonds. The number of aromatic nitrogens is 1. The Hall–Kier alpha value is -4.25. The molecule has 1 aromatic heterocycles. The average Bonchev–Trinajstić information content (AvgIpc) is 3.57. The lowest BCUT2D eigenvalue weighted by molar-refractivity contribution is -0.290. The zero-order chi connectivity index (χ0) is 45.8. The van der Waals surface area contributed by atoms with Gasteiger partial charge >= 0.3 is 11.9 Å². The van der Waals surface area contributed by atoms with Crippen molar-refractivity contribution < 1.29 is 52.5 Å². The van der Waals surface area contributed by atoms with Crippen molar-refractivity contribution in [2.75, 3.05) is 19.8 Å². The van der Waals surface area contributed by atoms with Gasteiger partial charge in [0.15, 0.2) is 23.8 Å². The molecule has 1 saturated carbocycles. The van der Waals surface area contributed by atoms with Crippen LogP contribution >= 0.6 is 0 Å². The third kappa shape index (κ3) is 11.1. The molecule has 16 nitrogen and oxygen atoms in total. The maximum atomic E-state index is 14.7. The number of nitrogen functional groups attached to an aromatic ring is 1. The van der Waals surface area contributed by atoms with Gasteiger partial charge < -0.3 is 43.9 Å². The van der Waals surface area contributed by atoms with Crippen molar-refractivity contribution >= 4 is 52.2 Å². The highest BCUT2D eigenvalue weighted by Gasteiger charge is 2.52. The van der Waals surface area contributed by atoms with Crippen LogP contribution in [0.5, 0.6) is 0 Å². The molecule has 5 rings (SSSR count). The van der Waals surface area contributed by atoms with Gasteiger partial charge in [-0.05, 0) is 115 Å². The summed E-state index contributed by atoms with van der Waals surface area (Å²) in [5, 5.41) is 17.3. The largest absolute Gasteiger partial charge is 0.459 e. The fourth-order valence-electron chi connectivity index (χ4n) is 10.3. The fourth-order valence-corrected chi connectivity index (χ4v) is 10.3. The zero-order valence-electron chi connectivity index (χ0n) is 38.6. The highest BCUT2D eigenvalue weighted by molar-refractivity contribution is 6.00. The first-order valence-electron chi connectivity index (χ1n) is 22.1. The number of likely N-dealkylation sites (N-methyl/N-ethyl adjacent to an activating group) is 1. The number of aliphatic hydroxyl groups is 1. The van der Waals surface area contributed by atoms with Gasteiger partial charge in [0.05, 0.1) is 24.0 Å². The minimum Gasteiger partial charge on any atom is -0.459 e. The van der Waals surface area contributed by atoms with Gasteiger partial charge in [-0.2, -0.15) is 4.98 Å². The van der Waals surface area contributed by atoms with Crippen molar-refractivity contribution in [1.82, 2.24) is 9.88 Å². The number of cyclic esters (lactones) is 1. The number of ketones is 1. The summed E-state index contributed by atoms with van der Waals surface area (Å²) in [6.07, 6.45) is -1.37. The van der Waals surface area contributed by atoms with Gasteiger partial charge in [-0.1, -0.05) is 45.8 Å². The lowest BCUT2D eigenvalue weighted by Crippen LogP contribution is -2.58. The summed E-state index contributed by atoms with van der Waals surface area (Å²) in [7, 11) is 3.81. The number of benzene rings is 1. The van der Waals surface area contributed by atoms with E-state index < -0.39 is 77.0 Å². The first-order chi connectivity index (χ1) is 29.1. The van der Waals surface area contributed by atoms with E-state index in [4.69, 9.17) is 39.1 Å². The summed E-state index contributed by atoms with van der Waals surface area (Å²) >= 11 is 0. The van der Waals surface area contributed by atoms with Crippen molar-refractivity contribution in [3.05, 3.63) is 23.8 Å². The number of carbonyl (C=O) groups is 4. The number of Topliss-reactive ketones (excluding diaryl/α,β-unsaturated/α-hetero) is 1. The van der Waals surface area contributed by atoms with Crippen LogP contribution in [0.15, 0.2) is 32.8 Å². The molecule has 2 bridgehead atoms. The van der Waals surface area contributed by atoms with Crippen molar-refractivity contribution in [2.45, 2.75) is 163 Å². The Balaban J connectivity index is 1.69. The Bertz CT molecular complexity index is 2000. The predicted molar refractivity (Wildman–Crippen MR) is 233 cm³/mol. The maximum Gasteiger partial charge on any atom is 0.316 e. The van der Waals surface area contributed by atoms with Gasteiger partial charge in [0.25, 0.3) is 6.01 Å². The van der Waals surface area contributed by atoms with E-state index in [1.165, 1.54) is 20.8 Å². The molecule has 3 fully saturated rings. The molecular weight excluding hydrogens is 799 g/mol. The van der Waals surface area contributed by atoms with Crippen LogP contribution in [0.4, 0.5) is 6.01 Å². The first kappa shape index (κ1) is 48.8. The van der Waals surface area contributed by atoms with Gasteiger partial charge in [0.2, 0.25) is 5.91 Å². The Morgan fingerprint density at radius 2 is 1.77 bits per heavy atom. The number of oxazole rings is 1. The number of oxime groups is 1. The molecule has 62 heavy (non-hydrogen) atoms. The van der Waals surface area contributed by atoms with Crippen LogP contribution in [-0.4, -0.2) is 106 Å². The molecule has 2 saturated heterocycles. The van der Waals surface area contributed by atoms with Gasteiger partial charge in [0.1, 0.15) is 29.7 Å². The number of ether oxygens (including phenoxy) is 4. The van der Waals surface area contributed by atoms with Crippen LogP contribution in [0.1, 0.15) is 120 Å². The smallest absolute Gasteiger partial charge is 0.316 e. The van der Waals surface area contributed by atoms with E-state index in [2.05, 4.69) is 9.98 Å². The number of nitrogens with zero attached hydrogens (tertiary/aromatic N) is 4. The molecule has 3 aliphatic rings. The van der Waals surface area contributed by atoms with Crippen molar-refractivity contribution in [1.29, 1.82) is 0 Å². The van der Waals surface area contributed by atoms with Crippen LogP contribution in [0, 0.1) is 35.0 Å². The number of fused-ring (bicyclic) bond motifs is 6. The van der Waals surface area contributed by atoms with Gasteiger partial charge in [0, 0.05) is 31.4 Å². The van der Waals surface area contributed by atoms with E-state index in [1.807, 2.05) is 65.7 Å². The Morgan fingerprint density at radius 3 is 2.42 bits per heavy atom. The average molecular weight is 868 g/mol. The number of nitrogens with two attached hydrogens (primary N) is 1. The minimum absolute atomic E-state index is 0.0662. The molecule has 2 aromatic rings. The van der Waals surface area contributed by atoms with E-state index in [-0.39, 0.29) is 43.0 Å². The Kier molecular flexibility index (Phi) is 15.8. The molecule has 3 N–H and O–H groups in total. The topological polar surface area (TPSA) is 215 Å². The molecule has 0 unspecified atom stereocenters. The summed E-state index contributed by atoms with van der Waals surface area (Å²) in [5.74, 6) is -5.59. The second kappa shape index (κ2) is 20.1. The van der Waals surface area contributed by atoms with Crippen LogP contribution in [-0.2, 0) is 49.6 Å². The molecule has 3 heterocycles. The molecule has 2 aliphatic heterocycles. The molecule has 16 heteroatoms. The predicted octanol–water partition coefficient (Wildman–Crippen LogP) is 6.44. The summed E-state index contributed by atoms with van der Waals surface area (Å²) in [6.45, 7) is 17.6. The number of aliphatic imine (C=N–C) groups is 1. The third-order valence-corrected chi connectivity index (χ3v) is 13.5. The molecule has 344 valence electrons. The van der Waals surface area contributed by atoms with E-state index in [9.17, 15) is 24.3 Å². The van der Waals surface area contributed by atoms with E-state index >= 15 is 0 Å². The molecule has 13 atom stereocenters. The fraction of sp³-hybridized carbons (Fsp3) is 0.717. The Labute approximate surface area is 365 Å². The number of rotatable bonds is 8. The van der Waals surface area contributed by atoms with E-state index in [0.717, 1.165) is 5.56 Å². The van der Waals surface area contributed by atoms with Crippen molar-refractivity contribution in [3.63, 3.8) is 0 Å². The molecule has 0 spiro atoms. The van der Waals surface area contributed by atoms with Crippen molar-refractivity contribution in [3.8, 4) is 0 Å². The van der Waals surface area contributed by atoms with Crippen LogP contribution in [0.2, 0.25) is 0 Å². The Morgan fingerprint density at radius 1 is 1.06 bits per heavy atom. The summed E-state index contributed by atoms with van der Waals surface area (Å²) in [6, 6.07) is 5.24. The van der Waals surface area contributed by atoms with E-state index in [0.29, 0.717) is 61.0 Å². The molecule has 1 aromatic carbocycles. The van der Waals surface area contributed by atoms with E-state index in [1.54, 1.807) is 19.9 Å². The standard InChI is InChI=1S/C46H69N5O11/c1-13-37-46(10,56)33-16-15-32(50-57-23-31-14-17-36-34(21-31)49-44(47)60-36)18-19-45(9,22-24(2)38(26(33)4)48-29(7)52)41(27(5)39(54)28(6)42(55)61-37)62-43-40(59-30(8)53)35(51(11)12)20-25(3)58-43/h14,17,21,24-28,33,35,37,40-41,43,56H,13,15-16,18-20,22-23H2,1-12H3,(H2,47,49)/b48-38?,50-32+/t24-,25-,26-,27+,28-,33-,35+,37-,40-,41-,43+,45-,46+/m1/s1. The van der Waals surface area contributed by atoms with Crippen LogP contribution in [0.3, 0.4) is 0 Å². The quantitative estimate of drug-likeness (QED) is 0.166. The number of hydrogen-bond donors (Lipinski definition) is 2. The third-order valence-electron chi connectivity index (χ3n) is 13.5. The highest BCUT2D eigenvalue weighted by Crippen LogP contribution is 2.47. The lowest BCUT2D eigenvalue weighted by atomic mass is 9.65. The second-order valence-corrected chi connectivity index (χ2v) is 18.7. The number of carbonyl (C=O) groups excluding carboxylic acids is 4. The van der Waals surface area contributed by atoms with Crippen molar-refractivity contribution in [2.24, 2.45) is 45.2 Å². The zero-order valence-corrected chi connectivity index (χ0v) is 38.6. The number of amides is 1. The maximum absolute atomic E-state index is 14.7. The van der Waals surface area contributed by atoms with Crippen LogP contribution < -0.4 is 5.73 Å². The molecule has 0 radical (unpaired) electrons. The first-order valence-corrected chi connectivity index (χ1v) is 22.1. The SMILES string of the molecule is CC[C@H]1OC(=O)[C@H](C)C(=O)[C@H](C)[C@@H](O[C@@H]2O[C@H](C)C[C@H](N(C)C)[C@H]2OC(C)=O)[C@]2(C)CC/C(=N/OCc3ccc4oc(N)nc4c3)CC[C@H]([C@@H](C)C(=NC(C)=O)[C@H](C)C2)[C@]1(C)O. The summed E-state index contributed by atoms with van der Waals surface area (Å²) in [5.41, 5.74) is 6.49. The normalized spacial score (nSPS) is 36.8. The molecule has 1 aliphatic carbocycles.